The molecule has 0 aliphatic carbocycles. The minimum absolute atomic E-state index is 0.0378. The number of aliphatic hydroxyl groups excluding tert-OH is 1. The molecule has 5 nitrogen and oxygen atoms in total. The lowest BCUT2D eigenvalue weighted by Gasteiger charge is -2.23. The molecule has 0 spiro atoms. The minimum Gasteiger partial charge on any atom is -0.507 e. The Kier molecular flexibility index (Phi) is 5.02. The zero-order chi connectivity index (χ0) is 23.3. The van der Waals surface area contributed by atoms with E-state index in [4.69, 9.17) is 0 Å². The van der Waals surface area contributed by atoms with E-state index >= 15 is 0 Å². The molecule has 1 amide bonds. The number of hydrogen-bond donors (Lipinski definition) is 1. The van der Waals surface area contributed by atoms with Gasteiger partial charge < -0.3 is 5.11 Å². The number of carbonyl (C=O) groups excluding carboxylic acids is 2. The lowest BCUT2D eigenvalue weighted by Crippen LogP contribution is -2.29. The van der Waals surface area contributed by atoms with Crippen molar-refractivity contribution in [1.29, 1.82) is 0 Å². The van der Waals surface area contributed by atoms with Crippen molar-refractivity contribution in [3.8, 4) is 0 Å². The van der Waals surface area contributed by atoms with Gasteiger partial charge in [0, 0.05) is 11.1 Å². The fourth-order valence-electron chi connectivity index (χ4n) is 3.88. The van der Waals surface area contributed by atoms with Crippen molar-refractivity contribution >= 4 is 44.1 Å². The maximum absolute atomic E-state index is 14.9. The number of Topliss-reactive ketones (excluding diaryl/α,β-unsaturated/α-hetero) is 1. The summed E-state index contributed by atoms with van der Waals surface area (Å²) in [5.74, 6) is -3.42. The highest BCUT2D eigenvalue weighted by atomic mass is 32.1. The molecule has 2 heterocycles. The van der Waals surface area contributed by atoms with Crippen LogP contribution in [0.5, 0.6) is 0 Å². The summed E-state index contributed by atoms with van der Waals surface area (Å²) in [6.45, 7) is 1.87. The molecule has 1 N–H and O–H groups in total. The number of hydrogen-bond acceptors (Lipinski definition) is 5. The highest BCUT2D eigenvalue weighted by molar-refractivity contribution is 7.22. The Labute approximate surface area is 191 Å². The van der Waals surface area contributed by atoms with E-state index in [9.17, 15) is 23.5 Å². The molecule has 1 atom stereocenters. The topological polar surface area (TPSA) is 70.5 Å². The van der Waals surface area contributed by atoms with Crippen LogP contribution >= 0.6 is 11.3 Å². The molecule has 1 aromatic heterocycles. The van der Waals surface area contributed by atoms with Crippen molar-refractivity contribution in [2.45, 2.75) is 13.0 Å². The summed E-state index contributed by atoms with van der Waals surface area (Å²) in [6.07, 6.45) is 0. The maximum Gasteiger partial charge on any atom is 0.301 e. The quantitative estimate of drug-likeness (QED) is 0.248. The van der Waals surface area contributed by atoms with Gasteiger partial charge in [0.2, 0.25) is 0 Å². The van der Waals surface area contributed by atoms with Crippen molar-refractivity contribution in [2.24, 2.45) is 0 Å². The van der Waals surface area contributed by atoms with E-state index in [1.165, 1.54) is 36.4 Å². The third-order valence-electron chi connectivity index (χ3n) is 5.51. The first-order valence-electron chi connectivity index (χ1n) is 10.0. The third kappa shape index (κ3) is 3.48. The van der Waals surface area contributed by atoms with E-state index in [-0.39, 0.29) is 16.3 Å². The Balaban J connectivity index is 1.75. The number of benzene rings is 3. The van der Waals surface area contributed by atoms with E-state index in [0.29, 0.717) is 15.8 Å². The second kappa shape index (κ2) is 7.90. The molecular formula is C25H16F2N2O3S. The number of anilines is 1. The average molecular weight is 462 g/mol. The smallest absolute Gasteiger partial charge is 0.301 e. The van der Waals surface area contributed by atoms with Crippen LogP contribution in [0.25, 0.3) is 16.0 Å². The van der Waals surface area contributed by atoms with Crippen molar-refractivity contribution in [1.82, 2.24) is 4.98 Å². The molecule has 5 rings (SSSR count). The van der Waals surface area contributed by atoms with Crippen molar-refractivity contribution in [3.63, 3.8) is 0 Å². The average Bonchev–Trinajstić information content (AvgIpc) is 3.32. The van der Waals surface area contributed by atoms with Crippen molar-refractivity contribution in [2.75, 3.05) is 4.90 Å². The Morgan fingerprint density at radius 2 is 1.76 bits per heavy atom. The van der Waals surface area contributed by atoms with E-state index in [1.54, 1.807) is 30.3 Å². The van der Waals surface area contributed by atoms with Gasteiger partial charge in [0.05, 0.1) is 15.8 Å². The monoisotopic (exact) mass is 462 g/mol. The van der Waals surface area contributed by atoms with Crippen LogP contribution in [0.1, 0.15) is 22.7 Å². The molecule has 0 saturated carbocycles. The van der Waals surface area contributed by atoms with Gasteiger partial charge in [0.1, 0.15) is 23.4 Å². The number of thiazole rings is 1. The number of aliphatic hydroxyl groups is 1. The summed E-state index contributed by atoms with van der Waals surface area (Å²) < 4.78 is 29.1. The molecule has 1 fully saturated rings. The maximum atomic E-state index is 14.9. The molecule has 1 aliphatic rings. The molecule has 0 unspecified atom stereocenters. The van der Waals surface area contributed by atoms with Crippen LogP contribution < -0.4 is 4.90 Å². The Morgan fingerprint density at radius 1 is 1.03 bits per heavy atom. The van der Waals surface area contributed by atoms with Crippen LogP contribution in [0.15, 0.2) is 72.3 Å². The highest BCUT2D eigenvalue weighted by Gasteiger charge is 2.49. The lowest BCUT2D eigenvalue weighted by atomic mass is 9.95. The molecule has 33 heavy (non-hydrogen) atoms. The van der Waals surface area contributed by atoms with Gasteiger partial charge >= 0.3 is 5.91 Å². The fraction of sp³-hybridized carbons (Fsp3) is 0.0800. The second-order valence-electron chi connectivity index (χ2n) is 7.67. The SMILES string of the molecule is Cc1ccc(C(O)=C2C(=O)C(=O)N(c3nc4ccc(F)cc4s3)[C@@H]2c2ccccc2F)cc1. The molecule has 0 bridgehead atoms. The van der Waals surface area contributed by atoms with Crippen LogP contribution in [0.4, 0.5) is 13.9 Å². The predicted octanol–water partition coefficient (Wildman–Crippen LogP) is 5.51. The number of ketones is 1. The number of halogens is 2. The van der Waals surface area contributed by atoms with Crippen LogP contribution in [-0.4, -0.2) is 21.8 Å². The zero-order valence-corrected chi connectivity index (χ0v) is 18.1. The van der Waals surface area contributed by atoms with Gasteiger partial charge in [0.15, 0.2) is 5.13 Å². The largest absolute Gasteiger partial charge is 0.507 e. The number of amides is 1. The molecule has 1 aliphatic heterocycles. The van der Waals surface area contributed by atoms with Crippen LogP contribution in [0, 0.1) is 18.6 Å². The summed E-state index contributed by atoms with van der Waals surface area (Å²) in [7, 11) is 0. The minimum atomic E-state index is -1.24. The standard InChI is InChI=1S/C25H16F2N2O3S/c1-13-6-8-14(9-7-13)22(30)20-21(16-4-2-3-5-17(16)27)29(24(32)23(20)31)25-28-18-11-10-15(26)12-19(18)33-25/h2-12,21,30H,1H3/t21-/m1/s1. The van der Waals surface area contributed by atoms with Crippen molar-refractivity contribution in [3.05, 3.63) is 101 Å². The predicted molar refractivity (Wildman–Crippen MR) is 122 cm³/mol. The summed E-state index contributed by atoms with van der Waals surface area (Å²) in [6, 6.07) is 15.2. The molecular weight excluding hydrogens is 446 g/mol. The van der Waals surface area contributed by atoms with Gasteiger partial charge in [-0.1, -0.05) is 59.4 Å². The molecule has 0 radical (unpaired) electrons. The van der Waals surface area contributed by atoms with Crippen molar-refractivity contribution < 1.29 is 23.5 Å². The number of aromatic nitrogens is 1. The molecule has 8 heteroatoms. The number of aryl methyl sites for hydroxylation is 1. The number of rotatable bonds is 3. The molecule has 4 aromatic rings. The van der Waals surface area contributed by atoms with Gasteiger partial charge in [-0.15, -0.1) is 0 Å². The van der Waals surface area contributed by atoms with Crippen LogP contribution in [0.2, 0.25) is 0 Å². The number of fused-ring (bicyclic) bond motifs is 1. The van der Waals surface area contributed by atoms with E-state index in [2.05, 4.69) is 4.98 Å². The van der Waals surface area contributed by atoms with Gasteiger partial charge in [-0.2, -0.15) is 0 Å². The highest BCUT2D eigenvalue weighted by Crippen LogP contribution is 2.44. The zero-order valence-electron chi connectivity index (χ0n) is 17.3. The van der Waals surface area contributed by atoms with Crippen LogP contribution in [0.3, 0.4) is 0 Å². The second-order valence-corrected chi connectivity index (χ2v) is 8.67. The first-order chi connectivity index (χ1) is 15.8. The van der Waals surface area contributed by atoms with E-state index < -0.39 is 35.1 Å². The number of nitrogens with zero attached hydrogens (tertiary/aromatic N) is 2. The summed E-state index contributed by atoms with van der Waals surface area (Å²) in [5.41, 5.74) is 1.50. The Bertz CT molecular complexity index is 1460. The van der Waals surface area contributed by atoms with E-state index in [0.717, 1.165) is 21.8 Å². The van der Waals surface area contributed by atoms with Gasteiger partial charge in [-0.05, 0) is 31.2 Å². The number of carbonyl (C=O) groups is 2. The molecule has 164 valence electrons. The van der Waals surface area contributed by atoms with Gasteiger partial charge in [0.25, 0.3) is 5.78 Å². The fourth-order valence-corrected chi connectivity index (χ4v) is 4.89. The summed E-state index contributed by atoms with van der Waals surface area (Å²) in [4.78, 5) is 31.7. The lowest BCUT2D eigenvalue weighted by molar-refractivity contribution is -0.132. The Hall–Kier alpha value is -3.91. The normalized spacial score (nSPS) is 17.8. The van der Waals surface area contributed by atoms with E-state index in [1.807, 2.05) is 6.92 Å². The first kappa shape index (κ1) is 21.0. The first-order valence-corrected chi connectivity index (χ1v) is 10.9. The molecule has 1 saturated heterocycles. The van der Waals surface area contributed by atoms with Gasteiger partial charge in [-0.25, -0.2) is 13.8 Å². The van der Waals surface area contributed by atoms with Crippen LogP contribution in [-0.2, 0) is 9.59 Å². The van der Waals surface area contributed by atoms with Gasteiger partial charge in [-0.3, -0.25) is 14.5 Å². The third-order valence-corrected chi connectivity index (χ3v) is 6.53. The summed E-state index contributed by atoms with van der Waals surface area (Å²) in [5, 5.41) is 11.2. The Morgan fingerprint density at radius 3 is 2.48 bits per heavy atom. The molecule has 3 aromatic carbocycles. The summed E-state index contributed by atoms with van der Waals surface area (Å²) >= 11 is 1.01.